The molecular weight excluding hydrogens is 312 g/mol. The van der Waals surface area contributed by atoms with Gasteiger partial charge in [0.15, 0.2) is 0 Å². The number of rotatable bonds is 5. The number of ether oxygens (including phenoxy) is 1. The van der Waals surface area contributed by atoms with Crippen molar-refractivity contribution in [2.75, 3.05) is 7.11 Å². The van der Waals surface area contributed by atoms with Crippen molar-refractivity contribution in [1.82, 2.24) is 10.3 Å². The molecule has 1 atom stereocenters. The minimum atomic E-state index is -0.260. The largest absolute Gasteiger partial charge is 0.497 e. The van der Waals surface area contributed by atoms with Gasteiger partial charge >= 0.3 is 0 Å². The Hall–Kier alpha value is -3.14. The van der Waals surface area contributed by atoms with Gasteiger partial charge in [0.05, 0.1) is 13.2 Å². The van der Waals surface area contributed by atoms with Crippen molar-refractivity contribution in [3.05, 3.63) is 95.3 Å². The van der Waals surface area contributed by atoms with Crippen LogP contribution in [0.15, 0.2) is 73.1 Å². The van der Waals surface area contributed by atoms with Crippen molar-refractivity contribution in [2.45, 2.75) is 13.0 Å². The molecule has 0 unspecified atom stereocenters. The smallest absolute Gasteiger partial charge is 0.252 e. The molecule has 1 N–H and O–H groups in total. The molecular formula is C21H20N2O2. The zero-order valence-corrected chi connectivity index (χ0v) is 14.3. The van der Waals surface area contributed by atoms with E-state index in [1.54, 1.807) is 43.8 Å². The summed E-state index contributed by atoms with van der Waals surface area (Å²) >= 11 is 0. The summed E-state index contributed by atoms with van der Waals surface area (Å²) in [6.07, 6.45) is 3.50. The predicted molar refractivity (Wildman–Crippen MR) is 97.7 cm³/mol. The quantitative estimate of drug-likeness (QED) is 0.770. The normalized spacial score (nSPS) is 11.6. The molecule has 1 heterocycles. The van der Waals surface area contributed by atoms with Gasteiger partial charge in [-0.3, -0.25) is 9.78 Å². The van der Waals surface area contributed by atoms with Crippen molar-refractivity contribution in [1.29, 1.82) is 0 Å². The first-order chi connectivity index (χ1) is 12.2. The van der Waals surface area contributed by atoms with E-state index in [-0.39, 0.29) is 11.9 Å². The zero-order valence-electron chi connectivity index (χ0n) is 14.3. The van der Waals surface area contributed by atoms with Crippen molar-refractivity contribution < 1.29 is 9.53 Å². The van der Waals surface area contributed by atoms with Gasteiger partial charge in [0.25, 0.3) is 5.91 Å². The number of methoxy groups -OCH3 is 1. The van der Waals surface area contributed by atoms with E-state index < -0.39 is 0 Å². The molecule has 3 aromatic rings. The second-order valence-electron chi connectivity index (χ2n) is 5.83. The maximum absolute atomic E-state index is 12.7. The van der Waals surface area contributed by atoms with E-state index in [2.05, 4.69) is 10.3 Å². The Morgan fingerprint density at radius 2 is 1.72 bits per heavy atom. The monoisotopic (exact) mass is 332 g/mol. The van der Waals surface area contributed by atoms with E-state index in [0.29, 0.717) is 5.56 Å². The van der Waals surface area contributed by atoms with Gasteiger partial charge in [0, 0.05) is 18.0 Å². The van der Waals surface area contributed by atoms with Crippen molar-refractivity contribution in [2.24, 2.45) is 0 Å². The highest BCUT2D eigenvalue weighted by Crippen LogP contribution is 2.23. The molecule has 25 heavy (non-hydrogen) atoms. The van der Waals surface area contributed by atoms with Crippen LogP contribution in [0.4, 0.5) is 0 Å². The lowest BCUT2D eigenvalue weighted by atomic mass is 9.98. The Balaban J connectivity index is 1.89. The standard InChI is InChI=1S/C21H20N2O2/c1-15-5-7-16(8-6-15)20(18-4-3-13-22-14-18)23-21(24)17-9-11-19(25-2)12-10-17/h3-14,20H,1-2H3,(H,23,24)/t20-/m1/s1. The van der Waals surface area contributed by atoms with Crippen LogP contribution in [0.2, 0.25) is 0 Å². The summed E-state index contributed by atoms with van der Waals surface area (Å²) in [7, 11) is 1.60. The molecule has 0 saturated heterocycles. The summed E-state index contributed by atoms with van der Waals surface area (Å²) in [5, 5.41) is 3.10. The van der Waals surface area contributed by atoms with Crippen LogP contribution in [0, 0.1) is 6.92 Å². The number of aromatic nitrogens is 1. The summed E-state index contributed by atoms with van der Waals surface area (Å²) < 4.78 is 5.14. The summed E-state index contributed by atoms with van der Waals surface area (Å²) in [5.74, 6) is 0.580. The molecule has 1 aromatic heterocycles. The fourth-order valence-corrected chi connectivity index (χ4v) is 2.62. The minimum absolute atomic E-state index is 0.142. The molecule has 4 nitrogen and oxygen atoms in total. The molecule has 1 amide bonds. The van der Waals surface area contributed by atoms with Crippen LogP contribution in [-0.4, -0.2) is 18.0 Å². The van der Waals surface area contributed by atoms with Crippen molar-refractivity contribution in [3.8, 4) is 5.75 Å². The lowest BCUT2D eigenvalue weighted by molar-refractivity contribution is 0.0943. The van der Waals surface area contributed by atoms with Crippen LogP contribution in [0.1, 0.15) is 33.1 Å². The number of aryl methyl sites for hydroxylation is 1. The second-order valence-corrected chi connectivity index (χ2v) is 5.83. The first-order valence-corrected chi connectivity index (χ1v) is 8.09. The number of nitrogens with one attached hydrogen (secondary N) is 1. The van der Waals surface area contributed by atoms with Crippen molar-refractivity contribution in [3.63, 3.8) is 0 Å². The number of benzene rings is 2. The molecule has 0 bridgehead atoms. The first kappa shape index (κ1) is 16.7. The average Bonchev–Trinajstić information content (AvgIpc) is 2.67. The molecule has 0 radical (unpaired) electrons. The van der Waals surface area contributed by atoms with Gasteiger partial charge in [-0.25, -0.2) is 0 Å². The highest BCUT2D eigenvalue weighted by molar-refractivity contribution is 5.94. The van der Waals surface area contributed by atoms with Gasteiger partial charge in [-0.2, -0.15) is 0 Å². The molecule has 0 aliphatic rings. The highest BCUT2D eigenvalue weighted by atomic mass is 16.5. The Morgan fingerprint density at radius 3 is 2.32 bits per heavy atom. The molecule has 0 aliphatic carbocycles. The van der Waals surface area contributed by atoms with Gasteiger partial charge in [-0.15, -0.1) is 0 Å². The molecule has 0 saturated carbocycles. The number of hydrogen-bond acceptors (Lipinski definition) is 3. The lowest BCUT2D eigenvalue weighted by Crippen LogP contribution is -2.29. The number of hydrogen-bond donors (Lipinski definition) is 1. The third-order valence-electron chi connectivity index (χ3n) is 4.06. The second kappa shape index (κ2) is 7.62. The Bertz CT molecular complexity index is 828. The summed E-state index contributed by atoms with van der Waals surface area (Å²) in [4.78, 5) is 16.9. The summed E-state index contributed by atoms with van der Waals surface area (Å²) in [6, 6.07) is 18.8. The molecule has 0 aliphatic heterocycles. The third kappa shape index (κ3) is 4.04. The van der Waals surface area contributed by atoms with Gasteiger partial charge in [-0.1, -0.05) is 35.9 Å². The molecule has 3 rings (SSSR count). The van der Waals surface area contributed by atoms with Crippen molar-refractivity contribution >= 4 is 5.91 Å². The number of carbonyl (C=O) groups is 1. The van der Waals surface area contributed by atoms with Crippen LogP contribution in [-0.2, 0) is 0 Å². The van der Waals surface area contributed by atoms with Crippen LogP contribution in [0.25, 0.3) is 0 Å². The Kier molecular flexibility index (Phi) is 5.09. The highest BCUT2D eigenvalue weighted by Gasteiger charge is 2.18. The number of pyridine rings is 1. The number of nitrogens with zero attached hydrogens (tertiary/aromatic N) is 1. The third-order valence-corrected chi connectivity index (χ3v) is 4.06. The number of carbonyl (C=O) groups excluding carboxylic acids is 1. The van der Waals surface area contributed by atoms with Crippen LogP contribution < -0.4 is 10.1 Å². The average molecular weight is 332 g/mol. The SMILES string of the molecule is COc1ccc(C(=O)N[C@H](c2ccc(C)cc2)c2cccnc2)cc1. The summed E-state index contributed by atoms with van der Waals surface area (Å²) in [5.41, 5.74) is 3.71. The van der Waals surface area contributed by atoms with Crippen LogP contribution >= 0.6 is 0 Å². The van der Waals surface area contributed by atoms with Crippen LogP contribution in [0.5, 0.6) is 5.75 Å². The Labute approximate surface area is 147 Å². The molecule has 2 aromatic carbocycles. The fraction of sp³-hybridized carbons (Fsp3) is 0.143. The molecule has 0 spiro atoms. The van der Waals surface area contributed by atoms with E-state index in [9.17, 15) is 4.79 Å². The van der Waals surface area contributed by atoms with Gasteiger partial charge < -0.3 is 10.1 Å². The van der Waals surface area contributed by atoms with Gasteiger partial charge in [0.2, 0.25) is 0 Å². The summed E-state index contributed by atoms with van der Waals surface area (Å²) in [6.45, 7) is 2.04. The topological polar surface area (TPSA) is 51.2 Å². The maximum Gasteiger partial charge on any atom is 0.252 e. The van der Waals surface area contributed by atoms with Crippen LogP contribution in [0.3, 0.4) is 0 Å². The zero-order chi connectivity index (χ0) is 17.6. The Morgan fingerprint density at radius 1 is 1.00 bits per heavy atom. The van der Waals surface area contributed by atoms with E-state index in [1.165, 1.54) is 5.56 Å². The van der Waals surface area contributed by atoms with E-state index in [0.717, 1.165) is 16.9 Å². The first-order valence-electron chi connectivity index (χ1n) is 8.09. The minimum Gasteiger partial charge on any atom is -0.497 e. The van der Waals surface area contributed by atoms with E-state index in [4.69, 9.17) is 4.74 Å². The van der Waals surface area contributed by atoms with E-state index >= 15 is 0 Å². The lowest BCUT2D eigenvalue weighted by Gasteiger charge is -2.20. The fourth-order valence-electron chi connectivity index (χ4n) is 2.62. The van der Waals surface area contributed by atoms with E-state index in [1.807, 2.05) is 43.3 Å². The van der Waals surface area contributed by atoms with Gasteiger partial charge in [-0.05, 0) is 48.4 Å². The molecule has 126 valence electrons. The number of amides is 1. The maximum atomic E-state index is 12.7. The predicted octanol–water partition coefficient (Wildman–Crippen LogP) is 3.92. The molecule has 0 fully saturated rings. The van der Waals surface area contributed by atoms with Gasteiger partial charge in [0.1, 0.15) is 5.75 Å². The molecule has 4 heteroatoms.